The fourth-order valence-electron chi connectivity index (χ4n) is 3.39. The van der Waals surface area contributed by atoms with Crippen molar-refractivity contribution >= 4 is 52.2 Å². The van der Waals surface area contributed by atoms with Gasteiger partial charge in [-0.1, -0.05) is 59.6 Å². The number of thioether (sulfide) groups is 1. The van der Waals surface area contributed by atoms with E-state index in [1.54, 1.807) is 24.3 Å². The molecule has 1 fully saturated rings. The second-order valence-corrected chi connectivity index (χ2v) is 9.16. The fraction of sp³-hybridized carbons (Fsp3) is 0.115. The summed E-state index contributed by atoms with van der Waals surface area (Å²) in [5.74, 6) is -1.26. The van der Waals surface area contributed by atoms with Gasteiger partial charge in [0.05, 0.1) is 9.93 Å². The van der Waals surface area contributed by atoms with Gasteiger partial charge < -0.3 is 10.1 Å². The van der Waals surface area contributed by atoms with Gasteiger partial charge in [0.25, 0.3) is 11.1 Å². The second-order valence-electron chi connectivity index (χ2n) is 7.76. The third-order valence-electron chi connectivity index (χ3n) is 5.06. The first-order valence-corrected chi connectivity index (χ1v) is 11.8. The second kappa shape index (κ2) is 10.8. The van der Waals surface area contributed by atoms with Gasteiger partial charge in [-0.15, -0.1) is 0 Å². The molecule has 178 valence electrons. The predicted molar refractivity (Wildman–Crippen MR) is 135 cm³/mol. The van der Waals surface area contributed by atoms with Crippen molar-refractivity contribution in [3.8, 4) is 5.75 Å². The normalized spacial score (nSPS) is 14.5. The van der Waals surface area contributed by atoms with Gasteiger partial charge in [0.15, 0.2) is 0 Å². The standard InChI is InChI=1S/C26H20ClFN2O4S/c1-16-5-4-6-17(11-16)15-34-22-8-3-2-7-18(22)12-23-25(32)30(26(33)35-23)14-24(31)29-19-9-10-21(28)20(27)13-19/h2-13H,14-15H2,1H3,(H,29,31)/b23-12+. The Morgan fingerprint density at radius 1 is 1.11 bits per heavy atom. The Balaban J connectivity index is 1.44. The Hall–Kier alpha value is -3.62. The van der Waals surface area contributed by atoms with E-state index in [1.807, 2.05) is 37.3 Å². The molecule has 35 heavy (non-hydrogen) atoms. The van der Waals surface area contributed by atoms with Crippen molar-refractivity contribution in [1.29, 1.82) is 0 Å². The molecule has 0 atom stereocenters. The number of aryl methyl sites for hydroxylation is 1. The van der Waals surface area contributed by atoms with Gasteiger partial charge in [-0.3, -0.25) is 19.3 Å². The summed E-state index contributed by atoms with van der Waals surface area (Å²) in [7, 11) is 0. The minimum Gasteiger partial charge on any atom is -0.488 e. The number of para-hydroxylation sites is 1. The van der Waals surface area contributed by atoms with Crippen LogP contribution in [0.3, 0.4) is 0 Å². The van der Waals surface area contributed by atoms with Crippen LogP contribution in [0.2, 0.25) is 5.02 Å². The van der Waals surface area contributed by atoms with Gasteiger partial charge in [-0.2, -0.15) is 0 Å². The molecule has 1 aliphatic rings. The molecule has 0 aromatic heterocycles. The molecule has 3 aromatic carbocycles. The highest BCUT2D eigenvalue weighted by atomic mass is 35.5. The van der Waals surface area contributed by atoms with Crippen LogP contribution in [0, 0.1) is 12.7 Å². The Labute approximate surface area is 210 Å². The molecule has 4 rings (SSSR count). The SMILES string of the molecule is Cc1cccc(COc2ccccc2/C=C2/SC(=O)N(CC(=O)Nc3ccc(F)c(Cl)c3)C2=O)c1. The number of hydrogen-bond donors (Lipinski definition) is 1. The predicted octanol–water partition coefficient (Wildman–Crippen LogP) is 6.04. The summed E-state index contributed by atoms with van der Waals surface area (Å²) in [6.07, 6.45) is 1.58. The van der Waals surface area contributed by atoms with Crippen LogP contribution in [0.15, 0.2) is 71.6 Å². The molecule has 1 saturated heterocycles. The minimum atomic E-state index is -0.621. The topological polar surface area (TPSA) is 75.7 Å². The first-order valence-electron chi connectivity index (χ1n) is 10.6. The van der Waals surface area contributed by atoms with Gasteiger partial charge in [0, 0.05) is 11.3 Å². The summed E-state index contributed by atoms with van der Waals surface area (Å²) >= 11 is 6.47. The molecule has 9 heteroatoms. The van der Waals surface area contributed by atoms with Crippen LogP contribution in [0.25, 0.3) is 6.08 Å². The van der Waals surface area contributed by atoms with Crippen molar-refractivity contribution in [3.63, 3.8) is 0 Å². The Kier molecular flexibility index (Phi) is 7.53. The molecule has 0 saturated carbocycles. The van der Waals surface area contributed by atoms with E-state index >= 15 is 0 Å². The van der Waals surface area contributed by atoms with Gasteiger partial charge >= 0.3 is 0 Å². The average Bonchev–Trinajstić information content (AvgIpc) is 3.08. The van der Waals surface area contributed by atoms with Crippen molar-refractivity contribution in [1.82, 2.24) is 4.90 Å². The lowest BCUT2D eigenvalue weighted by Gasteiger charge is -2.13. The van der Waals surface area contributed by atoms with Crippen molar-refractivity contribution < 1.29 is 23.5 Å². The van der Waals surface area contributed by atoms with Gasteiger partial charge in [-0.05, 0) is 54.6 Å². The number of rotatable bonds is 7. The zero-order valence-electron chi connectivity index (χ0n) is 18.6. The zero-order chi connectivity index (χ0) is 24.9. The number of nitrogens with one attached hydrogen (secondary N) is 1. The summed E-state index contributed by atoms with van der Waals surface area (Å²) in [4.78, 5) is 38.7. The molecule has 1 heterocycles. The average molecular weight is 511 g/mol. The maximum absolute atomic E-state index is 13.3. The van der Waals surface area contributed by atoms with Crippen molar-refractivity contribution in [2.45, 2.75) is 13.5 Å². The molecule has 0 radical (unpaired) electrons. The van der Waals surface area contributed by atoms with E-state index < -0.39 is 29.4 Å². The molecule has 1 N–H and O–H groups in total. The minimum absolute atomic E-state index is 0.153. The number of hydrogen-bond acceptors (Lipinski definition) is 5. The number of halogens is 2. The quantitative estimate of drug-likeness (QED) is 0.392. The highest BCUT2D eigenvalue weighted by Crippen LogP contribution is 2.34. The van der Waals surface area contributed by atoms with Gasteiger partial charge in [0.2, 0.25) is 5.91 Å². The number of nitrogens with zero attached hydrogens (tertiary/aromatic N) is 1. The van der Waals surface area contributed by atoms with Crippen molar-refractivity contribution in [3.05, 3.63) is 99.2 Å². The molecule has 6 nitrogen and oxygen atoms in total. The van der Waals surface area contributed by atoms with Crippen LogP contribution in [0.1, 0.15) is 16.7 Å². The summed E-state index contributed by atoms with van der Waals surface area (Å²) in [6, 6.07) is 18.8. The summed E-state index contributed by atoms with van der Waals surface area (Å²) < 4.78 is 19.3. The van der Waals surface area contributed by atoms with E-state index in [2.05, 4.69) is 5.32 Å². The van der Waals surface area contributed by atoms with E-state index in [1.165, 1.54) is 12.1 Å². The first-order chi connectivity index (χ1) is 16.8. The molecule has 0 aliphatic carbocycles. The fourth-order valence-corrected chi connectivity index (χ4v) is 4.40. The molecule has 0 bridgehead atoms. The van der Waals surface area contributed by atoms with Crippen molar-refractivity contribution in [2.75, 3.05) is 11.9 Å². The maximum atomic E-state index is 13.3. The Bertz CT molecular complexity index is 1340. The number of benzene rings is 3. The molecule has 1 aliphatic heterocycles. The van der Waals surface area contributed by atoms with E-state index in [0.717, 1.165) is 33.9 Å². The number of anilines is 1. The summed E-state index contributed by atoms with van der Waals surface area (Å²) in [5.41, 5.74) is 3.02. The largest absolute Gasteiger partial charge is 0.488 e. The Morgan fingerprint density at radius 2 is 1.91 bits per heavy atom. The van der Waals surface area contributed by atoms with E-state index in [4.69, 9.17) is 16.3 Å². The number of amides is 3. The number of ether oxygens (including phenoxy) is 1. The van der Waals surface area contributed by atoms with Gasteiger partial charge in [-0.25, -0.2) is 4.39 Å². The summed E-state index contributed by atoms with van der Waals surface area (Å²) in [6.45, 7) is 1.87. The molecular formula is C26H20ClFN2O4S. The third-order valence-corrected chi connectivity index (χ3v) is 6.26. The monoisotopic (exact) mass is 510 g/mol. The lowest BCUT2D eigenvalue weighted by molar-refractivity contribution is -0.127. The van der Waals surface area contributed by atoms with E-state index in [-0.39, 0.29) is 15.6 Å². The number of carbonyl (C=O) groups excluding carboxylic acids is 3. The lowest BCUT2D eigenvalue weighted by Crippen LogP contribution is -2.36. The molecule has 3 aromatic rings. The highest BCUT2D eigenvalue weighted by molar-refractivity contribution is 8.18. The van der Waals surface area contributed by atoms with Crippen LogP contribution in [0.5, 0.6) is 5.75 Å². The molecular weight excluding hydrogens is 491 g/mol. The van der Waals surface area contributed by atoms with Crippen LogP contribution in [-0.2, 0) is 16.2 Å². The summed E-state index contributed by atoms with van der Waals surface area (Å²) in [5, 5.41) is 1.79. The lowest BCUT2D eigenvalue weighted by atomic mass is 10.1. The van der Waals surface area contributed by atoms with Gasteiger partial charge in [0.1, 0.15) is 24.7 Å². The molecule has 0 unspecified atom stereocenters. The van der Waals surface area contributed by atoms with Crippen LogP contribution >= 0.6 is 23.4 Å². The van der Waals surface area contributed by atoms with E-state index in [0.29, 0.717) is 17.9 Å². The van der Waals surface area contributed by atoms with Crippen LogP contribution in [-0.4, -0.2) is 28.5 Å². The van der Waals surface area contributed by atoms with Crippen LogP contribution < -0.4 is 10.1 Å². The third kappa shape index (κ3) is 6.09. The highest BCUT2D eigenvalue weighted by Gasteiger charge is 2.36. The maximum Gasteiger partial charge on any atom is 0.294 e. The Morgan fingerprint density at radius 3 is 2.69 bits per heavy atom. The zero-order valence-corrected chi connectivity index (χ0v) is 20.2. The van der Waals surface area contributed by atoms with E-state index in [9.17, 15) is 18.8 Å². The first kappa shape index (κ1) is 24.5. The molecule has 3 amide bonds. The van der Waals surface area contributed by atoms with Crippen molar-refractivity contribution in [2.24, 2.45) is 0 Å². The number of imide groups is 1. The molecule has 0 spiro atoms. The smallest absolute Gasteiger partial charge is 0.294 e. The number of carbonyl (C=O) groups is 3. The van der Waals surface area contributed by atoms with Crippen LogP contribution in [0.4, 0.5) is 14.9 Å².